The summed E-state index contributed by atoms with van der Waals surface area (Å²) in [6, 6.07) is 2.30. The highest BCUT2D eigenvalue weighted by Gasteiger charge is 2.26. The van der Waals surface area contributed by atoms with Crippen molar-refractivity contribution in [2.45, 2.75) is 47.0 Å². The standard InChI is InChI=1S/C21H22N4OS2/c1-9-5-6-13-14(8-22)20(27-15(13)7-9)25-19(26)18-17(23)16-11(3)10(2)12(4)24-21(16)28-18/h9H,5-7,23H2,1-4H3,(H,25,26). The van der Waals surface area contributed by atoms with Crippen LogP contribution in [0, 0.1) is 38.0 Å². The fourth-order valence-electron chi connectivity index (χ4n) is 3.85. The number of fused-ring (bicyclic) bond motifs is 2. The smallest absolute Gasteiger partial charge is 0.268 e. The number of hydrogen-bond acceptors (Lipinski definition) is 6. The minimum Gasteiger partial charge on any atom is -0.397 e. The summed E-state index contributed by atoms with van der Waals surface area (Å²) >= 11 is 2.84. The number of amides is 1. The SMILES string of the molecule is Cc1nc2sc(C(=O)Nc3sc4c(c3C#N)CCC(C)C4)c(N)c2c(C)c1C. The van der Waals surface area contributed by atoms with Crippen molar-refractivity contribution in [3.63, 3.8) is 0 Å². The molecule has 1 unspecified atom stereocenters. The number of nitrogens with two attached hydrogens (primary N) is 1. The second-order valence-electron chi connectivity index (χ2n) is 7.59. The van der Waals surface area contributed by atoms with Crippen LogP contribution in [0.3, 0.4) is 0 Å². The molecule has 3 heterocycles. The number of rotatable bonds is 2. The van der Waals surface area contributed by atoms with E-state index in [9.17, 15) is 10.1 Å². The van der Waals surface area contributed by atoms with Crippen LogP contribution in [0.5, 0.6) is 0 Å². The molecular weight excluding hydrogens is 388 g/mol. The maximum atomic E-state index is 13.0. The Morgan fingerprint density at radius 3 is 2.75 bits per heavy atom. The van der Waals surface area contributed by atoms with Crippen molar-refractivity contribution < 1.29 is 4.79 Å². The van der Waals surface area contributed by atoms with Gasteiger partial charge in [-0.3, -0.25) is 4.79 Å². The predicted octanol–water partition coefficient (Wildman–Crippen LogP) is 5.11. The van der Waals surface area contributed by atoms with Gasteiger partial charge in [0.1, 0.15) is 20.8 Å². The lowest BCUT2D eigenvalue weighted by Gasteiger charge is -2.17. The van der Waals surface area contributed by atoms with Crippen LogP contribution < -0.4 is 11.1 Å². The molecule has 0 radical (unpaired) electrons. The van der Waals surface area contributed by atoms with Crippen LogP contribution in [0.1, 0.15) is 55.8 Å². The summed E-state index contributed by atoms with van der Waals surface area (Å²) in [4.78, 5) is 20.1. The minimum atomic E-state index is -0.265. The van der Waals surface area contributed by atoms with Gasteiger partial charge in [-0.25, -0.2) is 4.98 Å². The molecule has 1 aliphatic carbocycles. The van der Waals surface area contributed by atoms with Crippen LogP contribution in [-0.2, 0) is 12.8 Å². The molecular formula is C21H22N4OS2. The highest BCUT2D eigenvalue weighted by atomic mass is 32.1. The first-order chi connectivity index (χ1) is 13.3. The number of hydrogen-bond donors (Lipinski definition) is 2. The van der Waals surface area contributed by atoms with Gasteiger partial charge in [0.25, 0.3) is 5.91 Å². The molecule has 7 heteroatoms. The Kier molecular flexibility index (Phi) is 4.64. The summed E-state index contributed by atoms with van der Waals surface area (Å²) in [5.41, 5.74) is 11.6. The molecule has 3 aromatic rings. The van der Waals surface area contributed by atoms with E-state index in [2.05, 4.69) is 23.3 Å². The van der Waals surface area contributed by atoms with Crippen molar-refractivity contribution in [1.29, 1.82) is 5.26 Å². The van der Waals surface area contributed by atoms with E-state index in [1.54, 1.807) is 0 Å². The van der Waals surface area contributed by atoms with Crippen molar-refractivity contribution in [3.05, 3.63) is 37.7 Å². The van der Waals surface area contributed by atoms with E-state index in [4.69, 9.17) is 5.73 Å². The van der Waals surface area contributed by atoms with E-state index < -0.39 is 0 Å². The van der Waals surface area contributed by atoms with E-state index >= 15 is 0 Å². The van der Waals surface area contributed by atoms with Crippen molar-refractivity contribution in [2.75, 3.05) is 11.1 Å². The molecule has 3 aromatic heterocycles. The van der Waals surface area contributed by atoms with Gasteiger partial charge in [0.15, 0.2) is 0 Å². The summed E-state index contributed by atoms with van der Waals surface area (Å²) in [7, 11) is 0. The van der Waals surface area contributed by atoms with Gasteiger partial charge >= 0.3 is 0 Å². The topological polar surface area (TPSA) is 91.8 Å². The summed E-state index contributed by atoms with van der Waals surface area (Å²) < 4.78 is 0. The summed E-state index contributed by atoms with van der Waals surface area (Å²) in [6.45, 7) is 8.22. The number of nitriles is 1. The average molecular weight is 411 g/mol. The highest BCUT2D eigenvalue weighted by molar-refractivity contribution is 7.21. The predicted molar refractivity (Wildman–Crippen MR) is 116 cm³/mol. The van der Waals surface area contributed by atoms with Crippen molar-refractivity contribution in [3.8, 4) is 6.07 Å². The number of carbonyl (C=O) groups excluding carboxylic acids is 1. The van der Waals surface area contributed by atoms with Crippen molar-refractivity contribution in [2.24, 2.45) is 5.92 Å². The molecule has 0 aromatic carbocycles. The first-order valence-corrected chi connectivity index (χ1v) is 11.0. The van der Waals surface area contributed by atoms with E-state index in [0.29, 0.717) is 27.0 Å². The molecule has 144 valence electrons. The number of aryl methyl sites for hydroxylation is 2. The monoisotopic (exact) mass is 410 g/mol. The summed E-state index contributed by atoms with van der Waals surface area (Å²) in [6.07, 6.45) is 2.95. The third kappa shape index (κ3) is 2.88. The van der Waals surface area contributed by atoms with Crippen molar-refractivity contribution in [1.82, 2.24) is 4.98 Å². The van der Waals surface area contributed by atoms with E-state index in [-0.39, 0.29) is 5.91 Å². The largest absolute Gasteiger partial charge is 0.397 e. The first kappa shape index (κ1) is 18.9. The summed E-state index contributed by atoms with van der Waals surface area (Å²) in [5, 5.41) is 14.1. The molecule has 1 aliphatic rings. The third-order valence-electron chi connectivity index (χ3n) is 5.73. The van der Waals surface area contributed by atoms with E-state index in [0.717, 1.165) is 51.9 Å². The van der Waals surface area contributed by atoms with Gasteiger partial charge in [-0.1, -0.05) is 6.92 Å². The number of carbonyl (C=O) groups is 1. The number of nitrogens with one attached hydrogen (secondary N) is 1. The maximum Gasteiger partial charge on any atom is 0.268 e. The Morgan fingerprint density at radius 2 is 2.04 bits per heavy atom. The third-order valence-corrected chi connectivity index (χ3v) is 8.00. The van der Waals surface area contributed by atoms with Crippen LogP contribution >= 0.6 is 22.7 Å². The lowest BCUT2D eigenvalue weighted by molar-refractivity contribution is 0.103. The quantitative estimate of drug-likeness (QED) is 0.614. The molecule has 1 amide bonds. The van der Waals surface area contributed by atoms with E-state index in [1.165, 1.54) is 27.6 Å². The zero-order valence-electron chi connectivity index (χ0n) is 16.4. The van der Waals surface area contributed by atoms with Gasteiger partial charge in [0.2, 0.25) is 0 Å². The van der Waals surface area contributed by atoms with Gasteiger partial charge in [0.05, 0.1) is 11.3 Å². The Balaban J connectivity index is 1.73. The molecule has 4 rings (SSSR count). The van der Waals surface area contributed by atoms with Gasteiger partial charge in [-0.05, 0) is 62.6 Å². The number of aromatic nitrogens is 1. The fourth-order valence-corrected chi connectivity index (χ4v) is 6.31. The zero-order chi connectivity index (χ0) is 20.2. The van der Waals surface area contributed by atoms with Crippen molar-refractivity contribution >= 4 is 49.5 Å². The molecule has 0 spiro atoms. The Morgan fingerprint density at radius 1 is 1.29 bits per heavy atom. The summed E-state index contributed by atoms with van der Waals surface area (Å²) in [5.74, 6) is 0.346. The van der Waals surface area contributed by atoms with Gasteiger partial charge in [-0.2, -0.15) is 5.26 Å². The van der Waals surface area contributed by atoms with Crippen LogP contribution in [-0.4, -0.2) is 10.9 Å². The molecule has 28 heavy (non-hydrogen) atoms. The molecule has 0 fully saturated rings. The van der Waals surface area contributed by atoms with E-state index in [1.807, 2.05) is 20.8 Å². The second-order valence-corrected chi connectivity index (χ2v) is 9.70. The average Bonchev–Trinajstić information content (AvgIpc) is 3.16. The van der Waals surface area contributed by atoms with Gasteiger partial charge in [-0.15, -0.1) is 22.7 Å². The molecule has 3 N–H and O–H groups in total. The fraction of sp³-hybridized carbons (Fsp3) is 0.381. The molecule has 1 atom stereocenters. The van der Waals surface area contributed by atoms with Crippen LogP contribution in [0.2, 0.25) is 0 Å². The number of nitrogens with zero attached hydrogens (tertiary/aromatic N) is 2. The van der Waals surface area contributed by atoms with Crippen LogP contribution in [0.4, 0.5) is 10.7 Å². The first-order valence-electron chi connectivity index (χ1n) is 9.33. The molecule has 0 saturated carbocycles. The number of thiophene rings is 2. The minimum absolute atomic E-state index is 0.265. The Hall–Kier alpha value is -2.43. The van der Waals surface area contributed by atoms with Crippen LogP contribution in [0.25, 0.3) is 10.2 Å². The number of nitrogen functional groups attached to an aromatic ring is 1. The number of anilines is 2. The zero-order valence-corrected chi connectivity index (χ0v) is 18.0. The Labute approximate surface area is 172 Å². The maximum absolute atomic E-state index is 13.0. The Bertz CT molecular complexity index is 1170. The van der Waals surface area contributed by atoms with Gasteiger partial charge < -0.3 is 11.1 Å². The van der Waals surface area contributed by atoms with Crippen LogP contribution in [0.15, 0.2) is 0 Å². The lowest BCUT2D eigenvalue weighted by atomic mass is 9.89. The second kappa shape index (κ2) is 6.87. The normalized spacial score (nSPS) is 16.0. The molecule has 0 saturated heterocycles. The highest BCUT2D eigenvalue weighted by Crippen LogP contribution is 2.41. The molecule has 0 aliphatic heterocycles. The lowest BCUT2D eigenvalue weighted by Crippen LogP contribution is -2.12. The molecule has 0 bridgehead atoms. The molecule has 5 nitrogen and oxygen atoms in total. The van der Waals surface area contributed by atoms with Gasteiger partial charge in [0, 0.05) is 16.0 Å². The number of pyridine rings is 1.